The van der Waals surface area contributed by atoms with Crippen LogP contribution in [0.5, 0.6) is 5.75 Å². The van der Waals surface area contributed by atoms with E-state index in [-0.39, 0.29) is 11.8 Å². The number of nitrogens with zero attached hydrogens (tertiary/aromatic N) is 1. The molecule has 1 saturated heterocycles. The van der Waals surface area contributed by atoms with Gasteiger partial charge >= 0.3 is 0 Å². The molecule has 2 aromatic rings. The molecule has 0 radical (unpaired) electrons. The van der Waals surface area contributed by atoms with Gasteiger partial charge in [0, 0.05) is 29.1 Å². The molecule has 2 fully saturated rings. The van der Waals surface area contributed by atoms with E-state index in [1.54, 1.807) is 18.2 Å². The van der Waals surface area contributed by atoms with Gasteiger partial charge in [-0.25, -0.2) is 0 Å². The molecule has 4 rings (SSSR count). The van der Waals surface area contributed by atoms with Crippen LogP contribution in [-0.4, -0.2) is 42.5 Å². The van der Waals surface area contributed by atoms with Crippen LogP contribution in [0.15, 0.2) is 48.5 Å². The number of amides is 2. The zero-order chi connectivity index (χ0) is 22.3. The average molecular weight is 455 g/mol. The van der Waals surface area contributed by atoms with E-state index in [1.165, 1.54) is 19.3 Å². The molecule has 1 aliphatic carbocycles. The Labute approximate surface area is 195 Å². The van der Waals surface area contributed by atoms with Crippen molar-refractivity contribution in [3.05, 3.63) is 64.7 Å². The van der Waals surface area contributed by atoms with Gasteiger partial charge in [-0.3, -0.25) is 9.59 Å². The van der Waals surface area contributed by atoms with Gasteiger partial charge in [-0.1, -0.05) is 55.1 Å². The molecule has 32 heavy (non-hydrogen) atoms. The van der Waals surface area contributed by atoms with Gasteiger partial charge in [0.15, 0.2) is 0 Å². The minimum absolute atomic E-state index is 0.0226. The Morgan fingerprint density at radius 3 is 2.59 bits per heavy atom. The van der Waals surface area contributed by atoms with Crippen LogP contribution in [-0.2, 0) is 11.2 Å². The number of halogens is 1. The van der Waals surface area contributed by atoms with Crippen molar-refractivity contribution in [1.82, 2.24) is 10.2 Å². The van der Waals surface area contributed by atoms with Crippen molar-refractivity contribution in [1.29, 1.82) is 0 Å². The second-order valence-electron chi connectivity index (χ2n) is 8.74. The smallest absolute Gasteiger partial charge is 0.251 e. The predicted octanol–water partition coefficient (Wildman–Crippen LogP) is 4.87. The lowest BCUT2D eigenvalue weighted by molar-refractivity contribution is -0.133. The topological polar surface area (TPSA) is 58.6 Å². The van der Waals surface area contributed by atoms with E-state index < -0.39 is 0 Å². The first kappa shape index (κ1) is 22.7. The van der Waals surface area contributed by atoms with Crippen LogP contribution in [0.2, 0.25) is 5.02 Å². The van der Waals surface area contributed by atoms with E-state index in [0.717, 1.165) is 31.4 Å². The largest absolute Gasteiger partial charge is 0.492 e. The third-order valence-electron chi connectivity index (χ3n) is 6.55. The van der Waals surface area contributed by atoms with Crippen LogP contribution >= 0.6 is 11.6 Å². The molecular formula is C26H31ClN2O3. The Bertz CT molecular complexity index is 928. The van der Waals surface area contributed by atoms with Crippen molar-refractivity contribution in [2.75, 3.05) is 19.7 Å². The highest BCUT2D eigenvalue weighted by Crippen LogP contribution is 2.32. The molecule has 0 bridgehead atoms. The molecule has 1 N–H and O–H groups in total. The van der Waals surface area contributed by atoms with Crippen LogP contribution < -0.4 is 10.1 Å². The first-order chi connectivity index (χ1) is 15.6. The van der Waals surface area contributed by atoms with Gasteiger partial charge < -0.3 is 15.0 Å². The second kappa shape index (κ2) is 10.9. The quantitative estimate of drug-likeness (QED) is 0.579. The summed E-state index contributed by atoms with van der Waals surface area (Å²) in [6.07, 6.45) is 7.66. The molecule has 1 saturated carbocycles. The second-order valence-corrected chi connectivity index (χ2v) is 9.14. The third-order valence-corrected chi connectivity index (χ3v) is 6.90. The van der Waals surface area contributed by atoms with Crippen molar-refractivity contribution >= 4 is 23.4 Å². The number of hydrogen-bond acceptors (Lipinski definition) is 3. The predicted molar refractivity (Wildman–Crippen MR) is 126 cm³/mol. The first-order valence-corrected chi connectivity index (χ1v) is 12.0. The zero-order valence-corrected chi connectivity index (χ0v) is 19.2. The maximum Gasteiger partial charge on any atom is 0.251 e. The highest BCUT2D eigenvalue weighted by atomic mass is 35.5. The number of carbonyl (C=O) groups is 2. The van der Waals surface area contributed by atoms with Crippen LogP contribution in [0.3, 0.4) is 0 Å². The standard InChI is InChI=1S/C26H31ClN2O3/c27-24-18-23(32-16-14-28-25(30)19-7-3-1-4-8-19)12-11-20(24)17-21-13-15-29(26(21)31)22-9-5-2-6-10-22/h1,3-4,7-8,11-12,18,21-22H,2,5-6,9-10,13-17H2,(H,28,30). The highest BCUT2D eigenvalue weighted by Gasteiger charge is 2.36. The number of likely N-dealkylation sites (tertiary alicyclic amines) is 1. The number of carbonyl (C=O) groups excluding carboxylic acids is 2. The van der Waals surface area contributed by atoms with Crippen LogP contribution in [0.1, 0.15) is 54.4 Å². The number of rotatable bonds is 8. The molecule has 5 nitrogen and oxygen atoms in total. The summed E-state index contributed by atoms with van der Waals surface area (Å²) in [7, 11) is 0. The molecule has 1 heterocycles. The summed E-state index contributed by atoms with van der Waals surface area (Å²) in [5.41, 5.74) is 1.61. The molecule has 2 aliphatic rings. The van der Waals surface area contributed by atoms with Gasteiger partial charge in [-0.15, -0.1) is 0 Å². The first-order valence-electron chi connectivity index (χ1n) is 11.7. The highest BCUT2D eigenvalue weighted by molar-refractivity contribution is 6.31. The number of ether oxygens (including phenoxy) is 1. The summed E-state index contributed by atoms with van der Waals surface area (Å²) in [5, 5.41) is 3.47. The zero-order valence-electron chi connectivity index (χ0n) is 18.4. The molecule has 1 aliphatic heterocycles. The van der Waals surface area contributed by atoms with Crippen molar-refractivity contribution in [2.45, 2.75) is 51.0 Å². The lowest BCUT2D eigenvalue weighted by atomic mass is 9.94. The minimum Gasteiger partial charge on any atom is -0.492 e. The van der Waals surface area contributed by atoms with E-state index in [2.05, 4.69) is 10.2 Å². The molecule has 6 heteroatoms. The normalized spacial score (nSPS) is 19.2. The lowest BCUT2D eigenvalue weighted by Crippen LogP contribution is -2.39. The van der Waals surface area contributed by atoms with Gasteiger partial charge in [0.1, 0.15) is 12.4 Å². The van der Waals surface area contributed by atoms with Gasteiger partial charge in [-0.2, -0.15) is 0 Å². The molecule has 170 valence electrons. The summed E-state index contributed by atoms with van der Waals surface area (Å²) < 4.78 is 5.74. The number of benzene rings is 2. The van der Waals surface area contributed by atoms with Crippen LogP contribution in [0.25, 0.3) is 0 Å². The third kappa shape index (κ3) is 5.63. The van der Waals surface area contributed by atoms with E-state index in [1.807, 2.05) is 30.3 Å². The molecule has 0 spiro atoms. The Hall–Kier alpha value is -2.53. The van der Waals surface area contributed by atoms with Crippen molar-refractivity contribution in [3.63, 3.8) is 0 Å². The average Bonchev–Trinajstić information content (AvgIpc) is 3.19. The minimum atomic E-state index is -0.119. The Morgan fingerprint density at radius 1 is 1.06 bits per heavy atom. The van der Waals surface area contributed by atoms with Crippen molar-refractivity contribution in [3.8, 4) is 5.75 Å². The Balaban J connectivity index is 1.24. The summed E-state index contributed by atoms with van der Waals surface area (Å²) in [6.45, 7) is 1.63. The molecule has 2 aromatic carbocycles. The lowest BCUT2D eigenvalue weighted by Gasteiger charge is -2.31. The van der Waals surface area contributed by atoms with E-state index in [4.69, 9.17) is 16.3 Å². The summed E-state index contributed by atoms with van der Waals surface area (Å²) in [5.74, 6) is 0.859. The van der Waals surface area contributed by atoms with Gasteiger partial charge in [0.25, 0.3) is 5.91 Å². The number of nitrogens with one attached hydrogen (secondary N) is 1. The summed E-state index contributed by atoms with van der Waals surface area (Å²) in [6, 6.07) is 15.2. The Morgan fingerprint density at radius 2 is 1.84 bits per heavy atom. The fourth-order valence-electron chi connectivity index (χ4n) is 4.78. The SMILES string of the molecule is O=C(NCCOc1ccc(CC2CCN(C3CCCCC3)C2=O)c(Cl)c1)c1ccccc1. The van der Waals surface area contributed by atoms with E-state index >= 15 is 0 Å². The van der Waals surface area contributed by atoms with Gasteiger partial charge in [0.2, 0.25) is 5.91 Å². The summed E-state index contributed by atoms with van der Waals surface area (Å²) >= 11 is 6.51. The Kier molecular flexibility index (Phi) is 7.69. The van der Waals surface area contributed by atoms with E-state index in [9.17, 15) is 9.59 Å². The molecule has 1 atom stereocenters. The maximum atomic E-state index is 12.9. The maximum absolute atomic E-state index is 12.9. The molecular weight excluding hydrogens is 424 g/mol. The molecule has 0 aromatic heterocycles. The fraction of sp³-hybridized carbons (Fsp3) is 0.462. The molecule has 2 amide bonds. The monoisotopic (exact) mass is 454 g/mol. The molecule has 1 unspecified atom stereocenters. The number of hydrogen-bond donors (Lipinski definition) is 1. The van der Waals surface area contributed by atoms with Gasteiger partial charge in [0.05, 0.1) is 6.54 Å². The van der Waals surface area contributed by atoms with Crippen LogP contribution in [0.4, 0.5) is 0 Å². The van der Waals surface area contributed by atoms with Crippen molar-refractivity contribution < 1.29 is 14.3 Å². The van der Waals surface area contributed by atoms with Crippen LogP contribution in [0, 0.1) is 5.92 Å². The fourth-order valence-corrected chi connectivity index (χ4v) is 5.03. The van der Waals surface area contributed by atoms with E-state index in [0.29, 0.717) is 47.9 Å². The summed E-state index contributed by atoms with van der Waals surface area (Å²) in [4.78, 5) is 27.1. The van der Waals surface area contributed by atoms with Gasteiger partial charge in [-0.05, 0) is 55.5 Å². The van der Waals surface area contributed by atoms with Crippen molar-refractivity contribution in [2.24, 2.45) is 5.92 Å².